The molecular weight excluding hydrogens is 233 g/mol. The van der Waals surface area contributed by atoms with Crippen LogP contribution in [0.3, 0.4) is 0 Å². The molecule has 2 aliphatic rings. The molecule has 0 heterocycles. The molecule has 0 radical (unpaired) electrons. The van der Waals surface area contributed by atoms with Gasteiger partial charge in [0.25, 0.3) is 0 Å². The van der Waals surface area contributed by atoms with Crippen LogP contribution < -0.4 is 5.32 Å². The summed E-state index contributed by atoms with van der Waals surface area (Å²) in [6, 6.07) is 0. The number of hydrogen-bond donors (Lipinski definition) is 1. The fraction of sp³-hybridized carbons (Fsp3) is 0.929. The van der Waals surface area contributed by atoms with Crippen molar-refractivity contribution in [3.05, 3.63) is 0 Å². The smallest absolute Gasteiger partial charge is 0.407 e. The topological polar surface area (TPSA) is 38.3 Å². The number of ether oxygens (including phenoxy) is 1. The second kappa shape index (κ2) is 4.39. The van der Waals surface area contributed by atoms with Gasteiger partial charge in [-0.1, -0.05) is 6.42 Å². The second-order valence-electron chi connectivity index (χ2n) is 7.20. The van der Waals surface area contributed by atoms with E-state index in [0.717, 1.165) is 12.8 Å². The lowest BCUT2D eigenvalue weighted by Gasteiger charge is -2.60. The van der Waals surface area contributed by atoms with E-state index in [4.69, 9.17) is 4.74 Å². The van der Waals surface area contributed by atoms with Gasteiger partial charge in [-0.3, -0.25) is 4.39 Å². The summed E-state index contributed by atoms with van der Waals surface area (Å²) in [5.41, 5.74) is -0.402. The number of alkyl carbamates (subject to hydrolysis) is 1. The Morgan fingerprint density at radius 3 is 2.33 bits per heavy atom. The third kappa shape index (κ3) is 2.78. The van der Waals surface area contributed by atoms with Gasteiger partial charge in [-0.15, -0.1) is 0 Å². The highest BCUT2D eigenvalue weighted by Gasteiger charge is 2.56. The Morgan fingerprint density at radius 2 is 1.94 bits per heavy atom. The van der Waals surface area contributed by atoms with Crippen LogP contribution in [-0.4, -0.2) is 24.9 Å². The second-order valence-corrected chi connectivity index (χ2v) is 7.20. The Kier molecular flexibility index (Phi) is 3.32. The molecular formula is C14H24FNO2. The van der Waals surface area contributed by atoms with Crippen molar-refractivity contribution >= 4 is 6.09 Å². The SMILES string of the molecule is CC(C)(C)OC(=O)NCC1(CF)CC2(CCC2)C1. The number of halogens is 1. The van der Waals surface area contributed by atoms with Gasteiger partial charge in [0.2, 0.25) is 0 Å². The molecule has 0 bridgehead atoms. The molecule has 1 spiro atoms. The summed E-state index contributed by atoms with van der Waals surface area (Å²) in [7, 11) is 0. The van der Waals surface area contributed by atoms with Gasteiger partial charge < -0.3 is 10.1 Å². The van der Waals surface area contributed by atoms with Gasteiger partial charge in [0.05, 0.1) is 6.67 Å². The molecule has 2 rings (SSSR count). The monoisotopic (exact) mass is 257 g/mol. The lowest BCUT2D eigenvalue weighted by molar-refractivity contribution is -0.105. The first-order chi connectivity index (χ1) is 8.28. The van der Waals surface area contributed by atoms with E-state index in [1.807, 2.05) is 20.8 Å². The molecule has 4 heteroatoms. The summed E-state index contributed by atoms with van der Waals surface area (Å²) in [6.45, 7) is 5.53. The lowest BCUT2D eigenvalue weighted by atomic mass is 9.45. The predicted octanol–water partition coefficient (Wildman–Crippen LogP) is 3.43. The standard InChI is InChI=1S/C14H24FNO2/c1-12(2,3)18-11(17)16-10-14(9-15)7-13(8-14)5-4-6-13/h4-10H2,1-3H3,(H,16,17). The first kappa shape index (κ1) is 13.6. The van der Waals surface area contributed by atoms with Crippen molar-refractivity contribution in [2.75, 3.05) is 13.2 Å². The summed E-state index contributed by atoms with van der Waals surface area (Å²) in [6.07, 6.45) is 5.16. The number of alkyl halides is 1. The molecule has 0 atom stereocenters. The number of carbonyl (C=O) groups is 1. The number of hydrogen-bond acceptors (Lipinski definition) is 2. The van der Waals surface area contributed by atoms with Gasteiger partial charge in [-0.2, -0.15) is 0 Å². The zero-order valence-electron chi connectivity index (χ0n) is 11.6. The van der Waals surface area contributed by atoms with Crippen molar-refractivity contribution < 1.29 is 13.9 Å². The van der Waals surface area contributed by atoms with E-state index in [1.165, 1.54) is 19.3 Å². The first-order valence-electron chi connectivity index (χ1n) is 6.81. The zero-order valence-corrected chi connectivity index (χ0v) is 11.6. The summed E-state index contributed by atoms with van der Waals surface area (Å²) < 4.78 is 18.4. The number of amides is 1. The van der Waals surface area contributed by atoms with Crippen molar-refractivity contribution in [2.45, 2.75) is 58.5 Å². The van der Waals surface area contributed by atoms with Crippen molar-refractivity contribution in [3.63, 3.8) is 0 Å². The lowest BCUT2D eigenvalue weighted by Crippen LogP contribution is -2.56. The van der Waals surface area contributed by atoms with Gasteiger partial charge in [0.15, 0.2) is 0 Å². The van der Waals surface area contributed by atoms with E-state index in [1.54, 1.807) is 0 Å². The first-order valence-corrected chi connectivity index (χ1v) is 6.81. The third-order valence-electron chi connectivity index (χ3n) is 4.20. The van der Waals surface area contributed by atoms with Crippen molar-refractivity contribution in [1.82, 2.24) is 5.32 Å². The molecule has 2 fully saturated rings. The molecule has 0 aromatic carbocycles. The molecule has 0 aromatic rings. The van der Waals surface area contributed by atoms with Crippen molar-refractivity contribution in [2.24, 2.45) is 10.8 Å². The molecule has 1 N–H and O–H groups in total. The Morgan fingerprint density at radius 1 is 1.33 bits per heavy atom. The quantitative estimate of drug-likeness (QED) is 0.841. The molecule has 104 valence electrons. The van der Waals surface area contributed by atoms with Gasteiger partial charge >= 0.3 is 6.09 Å². The number of carbonyl (C=O) groups excluding carboxylic acids is 1. The molecule has 0 unspecified atom stereocenters. The fourth-order valence-electron chi connectivity index (χ4n) is 3.41. The van der Waals surface area contributed by atoms with Crippen LogP contribution in [0.2, 0.25) is 0 Å². The van der Waals surface area contributed by atoms with Crippen LogP contribution in [0.15, 0.2) is 0 Å². The highest BCUT2D eigenvalue weighted by Crippen LogP contribution is 2.64. The van der Waals surface area contributed by atoms with Crippen LogP contribution in [0.5, 0.6) is 0 Å². The minimum Gasteiger partial charge on any atom is -0.444 e. The molecule has 0 aliphatic heterocycles. The van der Waals surface area contributed by atoms with E-state index < -0.39 is 11.7 Å². The van der Waals surface area contributed by atoms with Crippen LogP contribution in [0.1, 0.15) is 52.9 Å². The fourth-order valence-corrected chi connectivity index (χ4v) is 3.41. The number of rotatable bonds is 3. The van der Waals surface area contributed by atoms with Crippen LogP contribution >= 0.6 is 0 Å². The van der Waals surface area contributed by atoms with Crippen LogP contribution in [0.4, 0.5) is 9.18 Å². The van der Waals surface area contributed by atoms with Crippen LogP contribution in [0, 0.1) is 10.8 Å². The summed E-state index contributed by atoms with van der Waals surface area (Å²) in [5.74, 6) is 0. The van der Waals surface area contributed by atoms with Crippen LogP contribution in [-0.2, 0) is 4.74 Å². The van der Waals surface area contributed by atoms with Gasteiger partial charge in [0, 0.05) is 12.0 Å². The van der Waals surface area contributed by atoms with Gasteiger partial charge in [-0.25, -0.2) is 4.79 Å². The highest BCUT2D eigenvalue weighted by molar-refractivity contribution is 5.67. The van der Waals surface area contributed by atoms with E-state index in [0.29, 0.717) is 12.0 Å². The van der Waals surface area contributed by atoms with Crippen molar-refractivity contribution in [3.8, 4) is 0 Å². The molecule has 1 amide bonds. The maximum atomic E-state index is 13.2. The van der Waals surface area contributed by atoms with Gasteiger partial charge in [-0.05, 0) is 51.9 Å². The van der Waals surface area contributed by atoms with Gasteiger partial charge in [0.1, 0.15) is 5.60 Å². The molecule has 2 aliphatic carbocycles. The highest BCUT2D eigenvalue weighted by atomic mass is 19.1. The molecule has 0 saturated heterocycles. The van der Waals surface area contributed by atoms with Crippen molar-refractivity contribution in [1.29, 1.82) is 0 Å². The largest absolute Gasteiger partial charge is 0.444 e. The van der Waals surface area contributed by atoms with E-state index in [9.17, 15) is 9.18 Å². The van der Waals surface area contributed by atoms with E-state index in [-0.39, 0.29) is 12.1 Å². The van der Waals surface area contributed by atoms with E-state index in [2.05, 4.69) is 5.32 Å². The number of nitrogens with one attached hydrogen (secondary N) is 1. The summed E-state index contributed by atoms with van der Waals surface area (Å²) in [4.78, 5) is 11.6. The normalized spacial score (nSPS) is 24.0. The average molecular weight is 257 g/mol. The Labute approximate surface area is 108 Å². The minimum absolute atomic E-state index is 0.322. The zero-order chi connectivity index (χ0) is 13.4. The molecule has 18 heavy (non-hydrogen) atoms. The molecule has 3 nitrogen and oxygen atoms in total. The predicted molar refractivity (Wildman–Crippen MR) is 68.2 cm³/mol. The molecule has 2 saturated carbocycles. The summed E-state index contributed by atoms with van der Waals surface area (Å²) >= 11 is 0. The maximum absolute atomic E-state index is 13.2. The Balaban J connectivity index is 1.77. The Bertz CT molecular complexity index is 323. The average Bonchev–Trinajstić information content (AvgIpc) is 2.11. The maximum Gasteiger partial charge on any atom is 0.407 e. The van der Waals surface area contributed by atoms with Crippen LogP contribution in [0.25, 0.3) is 0 Å². The van der Waals surface area contributed by atoms with E-state index >= 15 is 0 Å². The summed E-state index contributed by atoms with van der Waals surface area (Å²) in [5, 5.41) is 2.72. The third-order valence-corrected chi connectivity index (χ3v) is 4.20. The Hall–Kier alpha value is -0.800. The molecule has 0 aromatic heterocycles. The minimum atomic E-state index is -0.498.